The smallest absolute Gasteiger partial charge is 0.140 e. The molecule has 10 heavy (non-hydrogen) atoms. The maximum atomic E-state index is 12.7. The molecule has 0 nitrogen and oxygen atoms in total. The molecule has 0 N–H and O–H groups in total. The summed E-state index contributed by atoms with van der Waals surface area (Å²) in [7, 11) is 0. The molecule has 1 aliphatic rings. The molecule has 0 amide bonds. The Balaban J connectivity index is 2.88. The van der Waals surface area contributed by atoms with Crippen LogP contribution in [0.5, 0.6) is 0 Å². The predicted octanol–water partition coefficient (Wildman–Crippen LogP) is 2.69. The number of halogens is 2. The first-order valence-corrected chi connectivity index (χ1v) is 3.06. The molecule has 0 bridgehead atoms. The maximum absolute atomic E-state index is 12.7. The molecule has 0 saturated carbocycles. The van der Waals surface area contributed by atoms with Crippen LogP contribution >= 0.6 is 0 Å². The minimum Gasteiger partial charge on any atom is -0.238 e. The molecule has 1 rings (SSSR count). The first kappa shape index (κ1) is 7.19. The molecule has 0 heterocycles. The van der Waals surface area contributed by atoms with Gasteiger partial charge in [0.1, 0.15) is 12.0 Å². The largest absolute Gasteiger partial charge is 0.238 e. The zero-order chi connectivity index (χ0) is 7.56. The van der Waals surface area contributed by atoms with Crippen molar-refractivity contribution in [3.05, 3.63) is 35.7 Å². The molecule has 0 aromatic rings. The average molecular weight is 142 g/mol. The molecule has 1 unspecified atom stereocenters. The fourth-order valence-corrected chi connectivity index (χ4v) is 0.687. The molecule has 54 valence electrons. The van der Waals surface area contributed by atoms with Crippen molar-refractivity contribution in [1.82, 2.24) is 0 Å². The lowest BCUT2D eigenvalue weighted by molar-refractivity contribution is 0.449. The molecule has 0 aromatic carbocycles. The highest BCUT2D eigenvalue weighted by Crippen LogP contribution is 2.14. The lowest BCUT2D eigenvalue weighted by Gasteiger charge is -1.97. The Hall–Kier alpha value is -0.920. The van der Waals surface area contributed by atoms with Gasteiger partial charge in [-0.3, -0.25) is 0 Å². The van der Waals surface area contributed by atoms with E-state index in [9.17, 15) is 8.78 Å². The zero-order valence-corrected chi connectivity index (χ0v) is 5.64. The van der Waals surface area contributed by atoms with E-state index in [2.05, 4.69) is 0 Å². The van der Waals surface area contributed by atoms with E-state index in [1.165, 1.54) is 18.2 Å². The van der Waals surface area contributed by atoms with Crippen molar-refractivity contribution < 1.29 is 8.78 Å². The van der Waals surface area contributed by atoms with E-state index in [1.807, 2.05) is 0 Å². The molecular weight excluding hydrogens is 134 g/mol. The third kappa shape index (κ3) is 1.53. The summed E-state index contributed by atoms with van der Waals surface area (Å²) in [5, 5.41) is 0. The monoisotopic (exact) mass is 142 g/mol. The maximum Gasteiger partial charge on any atom is 0.140 e. The Kier molecular flexibility index (Phi) is 2.00. The molecule has 0 saturated heterocycles. The van der Waals surface area contributed by atoms with Crippen molar-refractivity contribution in [1.29, 1.82) is 0 Å². The van der Waals surface area contributed by atoms with E-state index in [4.69, 9.17) is 0 Å². The summed E-state index contributed by atoms with van der Waals surface area (Å²) in [4.78, 5) is 0. The fourth-order valence-electron chi connectivity index (χ4n) is 0.687. The standard InChI is InChI=1S/C8H8F2/c1-6-2-3-7(9)4-5-8(6)10/h2-5,8H,1H3. The van der Waals surface area contributed by atoms with Crippen LogP contribution in [-0.2, 0) is 0 Å². The van der Waals surface area contributed by atoms with Crippen molar-refractivity contribution in [2.24, 2.45) is 0 Å². The molecule has 1 aliphatic carbocycles. The average Bonchev–Trinajstić information content (AvgIpc) is 2.04. The van der Waals surface area contributed by atoms with Gasteiger partial charge < -0.3 is 0 Å². The Bertz CT molecular complexity index is 211. The van der Waals surface area contributed by atoms with Crippen LogP contribution in [0, 0.1) is 0 Å². The van der Waals surface area contributed by atoms with Crippen LogP contribution in [0.1, 0.15) is 6.92 Å². The van der Waals surface area contributed by atoms with Crippen LogP contribution in [0.3, 0.4) is 0 Å². The molecular formula is C8H8F2. The van der Waals surface area contributed by atoms with Gasteiger partial charge in [-0.2, -0.15) is 0 Å². The van der Waals surface area contributed by atoms with Gasteiger partial charge in [-0.05, 0) is 30.7 Å². The van der Waals surface area contributed by atoms with Crippen LogP contribution in [0.4, 0.5) is 8.78 Å². The summed E-state index contributed by atoms with van der Waals surface area (Å²) in [5.41, 5.74) is 0.531. The first-order valence-electron chi connectivity index (χ1n) is 3.06. The van der Waals surface area contributed by atoms with Gasteiger partial charge in [0.25, 0.3) is 0 Å². The Morgan fingerprint density at radius 3 is 2.80 bits per heavy atom. The second-order valence-corrected chi connectivity index (χ2v) is 2.22. The predicted molar refractivity (Wildman–Crippen MR) is 37.0 cm³/mol. The van der Waals surface area contributed by atoms with E-state index < -0.39 is 12.0 Å². The zero-order valence-electron chi connectivity index (χ0n) is 5.64. The summed E-state index contributed by atoms with van der Waals surface area (Å²) >= 11 is 0. The summed E-state index contributed by atoms with van der Waals surface area (Å²) in [5.74, 6) is -0.403. The number of hydrogen-bond donors (Lipinski definition) is 0. The summed E-state index contributed by atoms with van der Waals surface area (Å²) in [6.07, 6.45) is 3.90. The van der Waals surface area contributed by atoms with Crippen molar-refractivity contribution in [2.75, 3.05) is 0 Å². The van der Waals surface area contributed by atoms with Crippen molar-refractivity contribution in [2.45, 2.75) is 13.1 Å². The highest BCUT2D eigenvalue weighted by atomic mass is 19.1. The topological polar surface area (TPSA) is 0 Å². The van der Waals surface area contributed by atoms with Crippen LogP contribution in [0.15, 0.2) is 35.7 Å². The molecule has 1 atom stereocenters. The van der Waals surface area contributed by atoms with Crippen LogP contribution in [0.25, 0.3) is 0 Å². The minimum atomic E-state index is -1.13. The third-order valence-electron chi connectivity index (χ3n) is 1.36. The van der Waals surface area contributed by atoms with Gasteiger partial charge in [0.2, 0.25) is 0 Å². The lowest BCUT2D eigenvalue weighted by atomic mass is 10.2. The van der Waals surface area contributed by atoms with Crippen LogP contribution < -0.4 is 0 Å². The van der Waals surface area contributed by atoms with Gasteiger partial charge in [0.05, 0.1) is 0 Å². The number of allylic oxidation sites excluding steroid dienone is 6. The highest BCUT2D eigenvalue weighted by molar-refractivity contribution is 5.29. The summed E-state index contributed by atoms with van der Waals surface area (Å²) in [6.45, 7) is 1.63. The van der Waals surface area contributed by atoms with Crippen LogP contribution in [-0.4, -0.2) is 6.17 Å². The van der Waals surface area contributed by atoms with Gasteiger partial charge in [0.15, 0.2) is 0 Å². The first-order chi connectivity index (χ1) is 4.70. The second kappa shape index (κ2) is 2.78. The normalized spacial score (nSPS) is 25.3. The molecule has 0 spiro atoms. The fraction of sp³-hybridized carbons (Fsp3) is 0.250. The van der Waals surface area contributed by atoms with Crippen molar-refractivity contribution in [3.63, 3.8) is 0 Å². The summed E-state index contributed by atoms with van der Waals surface area (Å²) in [6, 6.07) is 0. The van der Waals surface area contributed by atoms with Crippen LogP contribution in [0.2, 0.25) is 0 Å². The van der Waals surface area contributed by atoms with Crippen molar-refractivity contribution >= 4 is 0 Å². The third-order valence-corrected chi connectivity index (χ3v) is 1.36. The van der Waals surface area contributed by atoms with E-state index in [-0.39, 0.29) is 0 Å². The second-order valence-electron chi connectivity index (χ2n) is 2.22. The number of hydrogen-bond acceptors (Lipinski definition) is 0. The summed E-state index contributed by atoms with van der Waals surface area (Å²) < 4.78 is 25.0. The Morgan fingerprint density at radius 1 is 1.40 bits per heavy atom. The van der Waals surface area contributed by atoms with Gasteiger partial charge in [-0.15, -0.1) is 0 Å². The van der Waals surface area contributed by atoms with E-state index in [0.29, 0.717) is 5.57 Å². The van der Waals surface area contributed by atoms with Gasteiger partial charge in [0, 0.05) is 0 Å². The Morgan fingerprint density at radius 2 is 2.10 bits per heavy atom. The molecule has 0 aliphatic heterocycles. The Labute approximate surface area is 58.6 Å². The molecule has 2 heteroatoms. The quantitative estimate of drug-likeness (QED) is 0.487. The SMILES string of the molecule is CC1=CC=C(F)C=CC1F. The number of alkyl halides is 1. The number of rotatable bonds is 0. The van der Waals surface area contributed by atoms with E-state index >= 15 is 0 Å². The molecule has 0 aromatic heterocycles. The minimum absolute atomic E-state index is 0.403. The molecule has 0 radical (unpaired) electrons. The van der Waals surface area contributed by atoms with Crippen molar-refractivity contribution in [3.8, 4) is 0 Å². The van der Waals surface area contributed by atoms with E-state index in [1.54, 1.807) is 6.92 Å². The lowest BCUT2D eigenvalue weighted by Crippen LogP contribution is -1.94. The van der Waals surface area contributed by atoms with Gasteiger partial charge in [-0.1, -0.05) is 6.08 Å². The van der Waals surface area contributed by atoms with Gasteiger partial charge in [-0.25, -0.2) is 8.78 Å². The van der Waals surface area contributed by atoms with Gasteiger partial charge >= 0.3 is 0 Å². The van der Waals surface area contributed by atoms with E-state index in [0.717, 1.165) is 6.08 Å². The highest BCUT2D eigenvalue weighted by Gasteiger charge is 2.05. The molecule has 0 fully saturated rings.